The van der Waals surface area contributed by atoms with Gasteiger partial charge in [-0.2, -0.15) is 0 Å². The third-order valence-corrected chi connectivity index (χ3v) is 4.09. The number of rotatable bonds is 3. The van der Waals surface area contributed by atoms with Crippen LogP contribution in [0.3, 0.4) is 0 Å². The molecule has 0 bridgehead atoms. The van der Waals surface area contributed by atoms with Crippen LogP contribution in [0.1, 0.15) is 5.56 Å². The Morgan fingerprint density at radius 1 is 1.47 bits per heavy atom. The second-order valence-corrected chi connectivity index (χ2v) is 6.14. The van der Waals surface area contributed by atoms with Crippen LogP contribution in [0.4, 0.5) is 5.69 Å². The Morgan fingerprint density at radius 3 is 2.79 bits per heavy atom. The van der Waals surface area contributed by atoms with E-state index in [1.807, 2.05) is 4.83 Å². The molecule has 1 aromatic carbocycles. The van der Waals surface area contributed by atoms with E-state index in [0.717, 1.165) is 0 Å². The first kappa shape index (κ1) is 13.7. The van der Waals surface area contributed by atoms with E-state index >= 15 is 0 Å². The molecule has 0 unspecified atom stereocenters. The number of likely N-dealkylation sites (N-methyl/N-ethyl adjacent to an activating group) is 1. The molecular formula is C10H12N4O3S2. The summed E-state index contributed by atoms with van der Waals surface area (Å²) in [5.74, 6) is -0.0706. The highest BCUT2D eigenvalue weighted by molar-refractivity contribution is 7.89. The molecule has 0 radical (unpaired) electrons. The lowest BCUT2D eigenvalue weighted by atomic mass is 10.2. The lowest BCUT2D eigenvalue weighted by molar-refractivity contribution is -0.117. The summed E-state index contributed by atoms with van der Waals surface area (Å²) in [6.45, 7) is 0. The van der Waals surface area contributed by atoms with Crippen LogP contribution in [0, 0.1) is 0 Å². The van der Waals surface area contributed by atoms with Gasteiger partial charge in [0.1, 0.15) is 0 Å². The zero-order valence-electron chi connectivity index (χ0n) is 10.0. The van der Waals surface area contributed by atoms with Gasteiger partial charge in [-0.3, -0.25) is 10.2 Å². The number of anilines is 1. The number of carbonyl (C=O) groups is 1. The zero-order chi connectivity index (χ0) is 14.2. The molecule has 1 aliphatic rings. The molecule has 1 aliphatic heterocycles. The second kappa shape index (κ2) is 4.76. The smallest absolute Gasteiger partial charge is 0.257 e. The first-order chi connectivity index (χ1) is 8.81. The zero-order valence-corrected chi connectivity index (χ0v) is 11.6. The van der Waals surface area contributed by atoms with Crippen LogP contribution in [0.5, 0.6) is 0 Å². The molecule has 0 fully saturated rings. The lowest BCUT2D eigenvalue weighted by Gasteiger charge is -2.11. The molecule has 19 heavy (non-hydrogen) atoms. The molecule has 1 aromatic rings. The van der Waals surface area contributed by atoms with Crippen LogP contribution < -0.4 is 20.9 Å². The Labute approximate surface area is 115 Å². The normalized spacial score (nSPS) is 14.4. The molecule has 0 aliphatic carbocycles. The number of hydrazine groups is 1. The van der Waals surface area contributed by atoms with Gasteiger partial charge in [-0.1, -0.05) is 0 Å². The number of benzene rings is 1. The highest BCUT2D eigenvalue weighted by Gasteiger charge is 2.26. The topological polar surface area (TPSA) is 105 Å². The van der Waals surface area contributed by atoms with Gasteiger partial charge in [0.2, 0.25) is 5.91 Å². The number of hydrogen-bond donors (Lipinski definition) is 3. The Morgan fingerprint density at radius 2 is 2.16 bits per heavy atom. The predicted octanol–water partition coefficient (Wildman–Crippen LogP) is -0.768. The van der Waals surface area contributed by atoms with Crippen LogP contribution >= 0.6 is 12.2 Å². The minimum Gasteiger partial charge on any atom is -0.375 e. The molecular weight excluding hydrogens is 288 g/mol. The molecule has 102 valence electrons. The molecule has 1 heterocycles. The summed E-state index contributed by atoms with van der Waals surface area (Å²) in [7, 11) is -2.12. The molecule has 7 nitrogen and oxygen atoms in total. The van der Waals surface area contributed by atoms with E-state index in [0.29, 0.717) is 11.3 Å². The largest absolute Gasteiger partial charge is 0.375 e. The van der Waals surface area contributed by atoms with E-state index < -0.39 is 10.0 Å². The minimum absolute atomic E-state index is 0.0399. The number of thiocarbonyl (C=S) groups is 1. The van der Waals surface area contributed by atoms with Crippen LogP contribution in [0.25, 0.3) is 0 Å². The summed E-state index contributed by atoms with van der Waals surface area (Å²) < 4.78 is 23.8. The van der Waals surface area contributed by atoms with Crippen LogP contribution in [-0.2, 0) is 21.2 Å². The van der Waals surface area contributed by atoms with Gasteiger partial charge in [0.15, 0.2) is 5.11 Å². The first-order valence-electron chi connectivity index (χ1n) is 5.28. The van der Waals surface area contributed by atoms with E-state index in [1.54, 1.807) is 13.1 Å². The summed E-state index contributed by atoms with van der Waals surface area (Å²) in [4.78, 5) is 15.1. The number of nitrogens with two attached hydrogens (primary N) is 1. The third-order valence-electron chi connectivity index (χ3n) is 2.75. The lowest BCUT2D eigenvalue weighted by Crippen LogP contribution is -2.44. The van der Waals surface area contributed by atoms with E-state index in [2.05, 4.69) is 17.6 Å². The van der Waals surface area contributed by atoms with Gasteiger partial charge in [0, 0.05) is 12.7 Å². The maximum Gasteiger partial charge on any atom is 0.257 e. The van der Waals surface area contributed by atoms with Crippen LogP contribution in [0.15, 0.2) is 23.1 Å². The monoisotopic (exact) mass is 300 g/mol. The predicted molar refractivity (Wildman–Crippen MR) is 73.8 cm³/mol. The van der Waals surface area contributed by atoms with Crippen molar-refractivity contribution < 1.29 is 13.2 Å². The van der Waals surface area contributed by atoms with Crippen molar-refractivity contribution >= 4 is 38.9 Å². The van der Waals surface area contributed by atoms with E-state index in [-0.39, 0.29) is 22.3 Å². The van der Waals surface area contributed by atoms with Gasteiger partial charge in [0.25, 0.3) is 10.0 Å². The summed E-state index contributed by atoms with van der Waals surface area (Å²) in [6.07, 6.45) is 0.192. The maximum atomic E-state index is 11.9. The van der Waals surface area contributed by atoms with Gasteiger partial charge in [-0.15, -0.1) is 4.83 Å². The fourth-order valence-corrected chi connectivity index (χ4v) is 2.81. The number of carbonyl (C=O) groups excluding carboxylic acids is 1. The Kier molecular flexibility index (Phi) is 3.43. The van der Waals surface area contributed by atoms with E-state index in [1.165, 1.54) is 17.0 Å². The average Bonchev–Trinajstić information content (AvgIpc) is 2.62. The summed E-state index contributed by atoms with van der Waals surface area (Å²) >= 11 is 4.51. The number of sulfonamides is 1. The molecule has 0 spiro atoms. The number of hydrogen-bond acceptors (Lipinski definition) is 4. The van der Waals surface area contributed by atoms with Gasteiger partial charge in [-0.05, 0) is 36.0 Å². The summed E-state index contributed by atoms with van der Waals surface area (Å²) in [5.41, 5.74) is 8.70. The third kappa shape index (κ3) is 2.67. The van der Waals surface area contributed by atoms with Crippen molar-refractivity contribution in [2.24, 2.45) is 5.73 Å². The highest BCUT2D eigenvalue weighted by atomic mass is 32.2. The van der Waals surface area contributed by atoms with Crippen molar-refractivity contribution in [1.82, 2.24) is 10.3 Å². The number of nitrogens with one attached hydrogen (secondary N) is 2. The fourth-order valence-electron chi connectivity index (χ4n) is 1.79. The van der Waals surface area contributed by atoms with Crippen molar-refractivity contribution in [1.29, 1.82) is 0 Å². The van der Waals surface area contributed by atoms with E-state index in [4.69, 9.17) is 5.73 Å². The van der Waals surface area contributed by atoms with Crippen molar-refractivity contribution in [3.05, 3.63) is 23.8 Å². The van der Waals surface area contributed by atoms with Crippen molar-refractivity contribution in [3.8, 4) is 0 Å². The second-order valence-electron chi connectivity index (χ2n) is 4.01. The molecule has 2 rings (SSSR count). The van der Waals surface area contributed by atoms with Crippen molar-refractivity contribution in [3.63, 3.8) is 0 Å². The average molecular weight is 300 g/mol. The number of amides is 1. The Bertz CT molecular complexity index is 657. The number of fused-ring (bicyclic) bond motifs is 1. The standard InChI is InChI=1S/C10H12N4O3S2/c1-14-8-3-2-7(4-6(8)5-9(14)15)19(16,17)13-12-10(11)18/h2-4,13H,5H2,1H3,(H3,11,12,18). The summed E-state index contributed by atoms with van der Waals surface area (Å²) in [5, 5.41) is -0.181. The fraction of sp³-hybridized carbons (Fsp3) is 0.200. The molecule has 0 saturated carbocycles. The molecule has 0 saturated heterocycles. The molecule has 4 N–H and O–H groups in total. The molecule has 9 heteroatoms. The van der Waals surface area contributed by atoms with Crippen LogP contribution in [0.2, 0.25) is 0 Å². The Hall–Kier alpha value is -1.71. The SMILES string of the molecule is CN1C(=O)Cc2cc(S(=O)(=O)NNC(N)=S)ccc21. The van der Waals surface area contributed by atoms with Crippen molar-refractivity contribution in [2.45, 2.75) is 11.3 Å². The quantitative estimate of drug-likeness (QED) is 0.500. The minimum atomic E-state index is -3.77. The van der Waals surface area contributed by atoms with Gasteiger partial charge >= 0.3 is 0 Å². The Balaban J connectivity index is 2.31. The molecule has 1 amide bonds. The van der Waals surface area contributed by atoms with Gasteiger partial charge in [0.05, 0.1) is 11.3 Å². The highest BCUT2D eigenvalue weighted by Crippen LogP contribution is 2.29. The van der Waals surface area contributed by atoms with Crippen LogP contribution in [-0.4, -0.2) is 26.5 Å². The number of nitrogens with zero attached hydrogens (tertiary/aromatic N) is 1. The van der Waals surface area contributed by atoms with E-state index in [9.17, 15) is 13.2 Å². The molecule has 0 aromatic heterocycles. The maximum absolute atomic E-state index is 11.9. The first-order valence-corrected chi connectivity index (χ1v) is 7.17. The molecule has 0 atom stereocenters. The van der Waals surface area contributed by atoms with Crippen molar-refractivity contribution in [2.75, 3.05) is 11.9 Å². The van der Waals surface area contributed by atoms with Gasteiger partial charge in [-0.25, -0.2) is 8.42 Å². The summed E-state index contributed by atoms with van der Waals surface area (Å²) in [6, 6.07) is 4.47. The van der Waals surface area contributed by atoms with Gasteiger partial charge < -0.3 is 10.6 Å².